The summed E-state index contributed by atoms with van der Waals surface area (Å²) in [6.07, 6.45) is 0. The number of nitrogens with one attached hydrogen (secondary N) is 3. The van der Waals surface area contributed by atoms with E-state index in [1.807, 2.05) is 44.2 Å². The first-order chi connectivity index (χ1) is 13.4. The Bertz CT molecular complexity index is 821. The van der Waals surface area contributed by atoms with Crippen molar-refractivity contribution in [3.63, 3.8) is 0 Å². The molecule has 0 spiro atoms. The van der Waals surface area contributed by atoms with Crippen LogP contribution < -0.4 is 21.7 Å². The third-order valence-corrected chi connectivity index (χ3v) is 4.19. The number of hydrogen-bond acceptors (Lipinski definition) is 4. The topological polar surface area (TPSA) is 113 Å². The monoisotopic (exact) mass is 382 g/mol. The second-order valence-electron chi connectivity index (χ2n) is 6.75. The van der Waals surface area contributed by atoms with Crippen LogP contribution in [0.4, 0.5) is 5.69 Å². The average molecular weight is 382 g/mol. The molecule has 0 aromatic heterocycles. The number of benzene rings is 2. The lowest BCUT2D eigenvalue weighted by molar-refractivity contribution is -0.125. The predicted molar refractivity (Wildman–Crippen MR) is 109 cm³/mol. The summed E-state index contributed by atoms with van der Waals surface area (Å²) in [5.74, 6) is -1.16. The van der Waals surface area contributed by atoms with Crippen LogP contribution in [0.25, 0.3) is 0 Å². The van der Waals surface area contributed by atoms with Gasteiger partial charge < -0.3 is 21.7 Å². The van der Waals surface area contributed by atoms with E-state index < -0.39 is 11.9 Å². The van der Waals surface area contributed by atoms with Crippen LogP contribution in [0.3, 0.4) is 0 Å². The molecular weight excluding hydrogens is 356 g/mol. The molecule has 0 saturated heterocycles. The first kappa shape index (κ1) is 21.1. The first-order valence-electron chi connectivity index (χ1n) is 9.12. The van der Waals surface area contributed by atoms with Crippen molar-refractivity contribution in [2.24, 2.45) is 11.7 Å². The van der Waals surface area contributed by atoms with Gasteiger partial charge in [-0.2, -0.15) is 0 Å². The van der Waals surface area contributed by atoms with E-state index in [1.165, 1.54) is 0 Å². The van der Waals surface area contributed by atoms with Crippen LogP contribution in [-0.4, -0.2) is 30.3 Å². The van der Waals surface area contributed by atoms with E-state index in [2.05, 4.69) is 16.0 Å². The van der Waals surface area contributed by atoms with Crippen LogP contribution in [0, 0.1) is 5.92 Å². The lowest BCUT2D eigenvalue weighted by Gasteiger charge is -2.15. The highest BCUT2D eigenvalue weighted by atomic mass is 16.2. The molecule has 148 valence electrons. The number of rotatable bonds is 8. The molecule has 0 fully saturated rings. The van der Waals surface area contributed by atoms with E-state index in [1.54, 1.807) is 24.3 Å². The Morgan fingerprint density at radius 3 is 2.25 bits per heavy atom. The lowest BCUT2D eigenvalue weighted by atomic mass is 10.1. The maximum Gasteiger partial charge on any atom is 0.253 e. The average Bonchev–Trinajstić information content (AvgIpc) is 2.70. The number of anilines is 1. The zero-order valence-corrected chi connectivity index (χ0v) is 16.1. The Morgan fingerprint density at radius 2 is 1.57 bits per heavy atom. The molecule has 28 heavy (non-hydrogen) atoms. The van der Waals surface area contributed by atoms with Gasteiger partial charge in [0.2, 0.25) is 11.8 Å². The quantitative estimate of drug-likeness (QED) is 0.556. The highest BCUT2D eigenvalue weighted by molar-refractivity contribution is 6.04. The second-order valence-corrected chi connectivity index (χ2v) is 6.75. The van der Waals surface area contributed by atoms with Crippen LogP contribution in [0.15, 0.2) is 54.6 Å². The molecule has 0 aliphatic heterocycles. The third kappa shape index (κ3) is 6.21. The summed E-state index contributed by atoms with van der Waals surface area (Å²) in [5.41, 5.74) is 7.44. The van der Waals surface area contributed by atoms with Gasteiger partial charge in [0.05, 0.1) is 23.8 Å². The van der Waals surface area contributed by atoms with Gasteiger partial charge in [0, 0.05) is 6.54 Å². The van der Waals surface area contributed by atoms with Crippen molar-refractivity contribution < 1.29 is 14.4 Å². The lowest BCUT2D eigenvalue weighted by Crippen LogP contribution is -2.46. The Hall–Kier alpha value is -3.19. The molecule has 1 atom stereocenters. The molecule has 0 radical (unpaired) electrons. The van der Waals surface area contributed by atoms with Gasteiger partial charge in [-0.25, -0.2) is 0 Å². The third-order valence-electron chi connectivity index (χ3n) is 4.19. The highest BCUT2D eigenvalue weighted by Gasteiger charge is 2.18. The molecule has 3 amide bonds. The summed E-state index contributed by atoms with van der Waals surface area (Å²) in [4.78, 5) is 36.5. The van der Waals surface area contributed by atoms with Crippen molar-refractivity contribution in [3.05, 3.63) is 65.7 Å². The molecule has 7 heteroatoms. The predicted octanol–water partition coefficient (Wildman–Crippen LogP) is 1.65. The smallest absolute Gasteiger partial charge is 0.253 e. The Kier molecular flexibility index (Phi) is 7.71. The van der Waals surface area contributed by atoms with Gasteiger partial charge in [0.15, 0.2) is 0 Å². The Labute approximate surface area is 164 Å². The Morgan fingerprint density at radius 1 is 0.929 bits per heavy atom. The van der Waals surface area contributed by atoms with E-state index in [9.17, 15) is 14.4 Å². The van der Waals surface area contributed by atoms with Crippen molar-refractivity contribution in [3.8, 4) is 0 Å². The maximum atomic E-state index is 12.5. The minimum Gasteiger partial charge on any atom is -0.348 e. The number of hydrogen-bond donors (Lipinski definition) is 4. The van der Waals surface area contributed by atoms with Gasteiger partial charge >= 0.3 is 0 Å². The molecule has 5 N–H and O–H groups in total. The summed E-state index contributed by atoms with van der Waals surface area (Å²) >= 11 is 0. The number of carbonyl (C=O) groups is 3. The summed E-state index contributed by atoms with van der Waals surface area (Å²) < 4.78 is 0. The van der Waals surface area contributed by atoms with Gasteiger partial charge in [-0.05, 0) is 23.6 Å². The zero-order valence-electron chi connectivity index (χ0n) is 16.1. The van der Waals surface area contributed by atoms with Crippen LogP contribution in [0.1, 0.15) is 29.8 Å². The zero-order chi connectivity index (χ0) is 20.5. The van der Waals surface area contributed by atoms with Gasteiger partial charge in [-0.1, -0.05) is 56.3 Å². The second kappa shape index (κ2) is 10.2. The summed E-state index contributed by atoms with van der Waals surface area (Å²) in [6, 6.07) is 15.6. The molecule has 0 unspecified atom stereocenters. The minimum absolute atomic E-state index is 0.0305. The van der Waals surface area contributed by atoms with Gasteiger partial charge in [0.25, 0.3) is 5.91 Å². The van der Waals surface area contributed by atoms with E-state index in [4.69, 9.17) is 5.73 Å². The van der Waals surface area contributed by atoms with Crippen molar-refractivity contribution in [2.75, 3.05) is 11.9 Å². The fourth-order valence-electron chi connectivity index (χ4n) is 2.45. The molecular formula is C21H26N4O3. The molecule has 0 aliphatic carbocycles. The van der Waals surface area contributed by atoms with Crippen LogP contribution in [-0.2, 0) is 16.1 Å². The first-order valence-corrected chi connectivity index (χ1v) is 9.12. The largest absolute Gasteiger partial charge is 0.348 e. The molecule has 2 aromatic rings. The highest BCUT2D eigenvalue weighted by Crippen LogP contribution is 2.15. The number of para-hydroxylation sites is 1. The van der Waals surface area contributed by atoms with E-state index in [-0.39, 0.29) is 24.3 Å². The standard InChI is InChI=1S/C21H26N4O3/c1-14(2)19(22)21(28)24-13-18(26)25-17-11-7-6-10-16(17)20(27)23-12-15-8-4-3-5-9-15/h3-11,14,19H,12-13,22H2,1-2H3,(H,23,27)(H,24,28)(H,25,26)/t19-/m0/s1. The van der Waals surface area contributed by atoms with E-state index >= 15 is 0 Å². The van der Waals surface area contributed by atoms with Crippen molar-refractivity contribution in [1.29, 1.82) is 0 Å². The van der Waals surface area contributed by atoms with E-state index in [0.717, 1.165) is 5.56 Å². The van der Waals surface area contributed by atoms with Crippen LogP contribution in [0.2, 0.25) is 0 Å². The molecule has 7 nitrogen and oxygen atoms in total. The molecule has 0 bridgehead atoms. The normalized spacial score (nSPS) is 11.6. The minimum atomic E-state index is -0.677. The van der Waals surface area contributed by atoms with Gasteiger partial charge in [-0.15, -0.1) is 0 Å². The fourth-order valence-corrected chi connectivity index (χ4v) is 2.45. The van der Waals surface area contributed by atoms with Crippen LogP contribution in [0.5, 0.6) is 0 Å². The summed E-state index contributed by atoms with van der Waals surface area (Å²) in [5, 5.41) is 7.99. The Balaban J connectivity index is 1.94. The summed E-state index contributed by atoms with van der Waals surface area (Å²) in [7, 11) is 0. The molecule has 2 rings (SSSR count). The van der Waals surface area contributed by atoms with Gasteiger partial charge in [0.1, 0.15) is 0 Å². The SMILES string of the molecule is CC(C)[C@H](N)C(=O)NCC(=O)Nc1ccccc1C(=O)NCc1ccccc1. The van der Waals surface area contributed by atoms with Crippen molar-refractivity contribution >= 4 is 23.4 Å². The maximum absolute atomic E-state index is 12.5. The molecule has 0 heterocycles. The number of nitrogens with two attached hydrogens (primary N) is 1. The molecule has 0 saturated carbocycles. The summed E-state index contributed by atoms with van der Waals surface area (Å²) in [6.45, 7) is 3.81. The van der Waals surface area contributed by atoms with Crippen molar-refractivity contribution in [1.82, 2.24) is 10.6 Å². The molecule has 2 aromatic carbocycles. The van der Waals surface area contributed by atoms with Crippen molar-refractivity contribution in [2.45, 2.75) is 26.4 Å². The van der Waals surface area contributed by atoms with E-state index in [0.29, 0.717) is 17.8 Å². The number of carbonyl (C=O) groups excluding carboxylic acids is 3. The van der Waals surface area contributed by atoms with Crippen LogP contribution >= 0.6 is 0 Å². The van der Waals surface area contributed by atoms with Gasteiger partial charge in [-0.3, -0.25) is 14.4 Å². The molecule has 0 aliphatic rings. The fraction of sp³-hybridized carbons (Fsp3) is 0.286. The number of amides is 3.